The molecule has 0 aliphatic heterocycles. The highest BCUT2D eigenvalue weighted by atomic mass is 35.5. The Balaban J connectivity index is 0. The van der Waals surface area contributed by atoms with Gasteiger partial charge in [0.15, 0.2) is 11.5 Å². The second kappa shape index (κ2) is 15.5. The molecule has 0 atom stereocenters. The van der Waals surface area contributed by atoms with Crippen LogP contribution in [0.15, 0.2) is 24.8 Å². The number of allylic oxidation sites excluding steroid dienone is 1. The van der Waals surface area contributed by atoms with Gasteiger partial charge >= 0.3 is 0 Å². The van der Waals surface area contributed by atoms with Crippen LogP contribution in [0.5, 0.6) is 11.5 Å². The summed E-state index contributed by atoms with van der Waals surface area (Å²) in [6.07, 6.45) is 2.62. The molecule has 0 aromatic heterocycles. The SMILES string of the molecule is C=CCc1cc(CNCCNCCO)cc(OC)c1OCC.Cl.Cl. The first-order chi connectivity index (χ1) is 10.8. The molecule has 0 heterocycles. The fraction of sp³-hybridized carbons (Fsp3) is 0.529. The highest BCUT2D eigenvalue weighted by Crippen LogP contribution is 2.33. The number of halogens is 2. The Kier molecular flexibility index (Phi) is 16.4. The van der Waals surface area contributed by atoms with Gasteiger partial charge in [-0.15, -0.1) is 31.4 Å². The lowest BCUT2D eigenvalue weighted by atomic mass is 10.1. The first kappa shape index (κ1) is 25.3. The lowest BCUT2D eigenvalue weighted by molar-refractivity contribution is 0.292. The van der Waals surface area contributed by atoms with Crippen molar-refractivity contribution < 1.29 is 14.6 Å². The number of aliphatic hydroxyl groups is 1. The number of ether oxygens (including phenoxy) is 2. The van der Waals surface area contributed by atoms with Crippen molar-refractivity contribution in [3.63, 3.8) is 0 Å². The van der Waals surface area contributed by atoms with Crippen molar-refractivity contribution in [1.29, 1.82) is 0 Å². The Labute approximate surface area is 157 Å². The second-order valence-electron chi connectivity index (χ2n) is 4.86. The van der Waals surface area contributed by atoms with Gasteiger partial charge in [-0.3, -0.25) is 0 Å². The van der Waals surface area contributed by atoms with E-state index in [0.717, 1.165) is 48.7 Å². The summed E-state index contributed by atoms with van der Waals surface area (Å²) in [6, 6.07) is 4.13. The minimum Gasteiger partial charge on any atom is -0.493 e. The van der Waals surface area contributed by atoms with E-state index in [2.05, 4.69) is 23.3 Å². The lowest BCUT2D eigenvalue weighted by Crippen LogP contribution is -2.28. The molecule has 140 valence electrons. The Hall–Kier alpha value is -0.980. The van der Waals surface area contributed by atoms with Crippen molar-refractivity contribution in [1.82, 2.24) is 10.6 Å². The Morgan fingerprint density at radius 2 is 1.88 bits per heavy atom. The average molecular weight is 381 g/mol. The van der Waals surface area contributed by atoms with Crippen LogP contribution in [-0.2, 0) is 13.0 Å². The molecule has 7 heteroatoms. The van der Waals surface area contributed by atoms with Crippen molar-refractivity contribution in [3.8, 4) is 11.5 Å². The van der Waals surface area contributed by atoms with Crippen molar-refractivity contribution in [3.05, 3.63) is 35.9 Å². The fourth-order valence-electron chi connectivity index (χ4n) is 2.21. The van der Waals surface area contributed by atoms with Gasteiger partial charge in [0, 0.05) is 31.7 Å². The molecule has 1 aromatic carbocycles. The van der Waals surface area contributed by atoms with Crippen LogP contribution in [0, 0.1) is 0 Å². The van der Waals surface area contributed by atoms with Crippen molar-refractivity contribution in [2.45, 2.75) is 19.9 Å². The number of nitrogens with one attached hydrogen (secondary N) is 2. The van der Waals surface area contributed by atoms with Gasteiger partial charge in [-0.2, -0.15) is 0 Å². The predicted molar refractivity (Wildman–Crippen MR) is 104 cm³/mol. The molecule has 0 saturated carbocycles. The number of benzene rings is 1. The molecular weight excluding hydrogens is 351 g/mol. The van der Waals surface area contributed by atoms with Gasteiger partial charge in [0.1, 0.15) is 0 Å². The van der Waals surface area contributed by atoms with Crippen molar-refractivity contribution in [2.24, 2.45) is 0 Å². The van der Waals surface area contributed by atoms with E-state index in [0.29, 0.717) is 13.2 Å². The minimum atomic E-state index is 0. The molecule has 0 fully saturated rings. The van der Waals surface area contributed by atoms with Gasteiger partial charge in [0.25, 0.3) is 0 Å². The minimum absolute atomic E-state index is 0. The summed E-state index contributed by atoms with van der Waals surface area (Å²) < 4.78 is 11.2. The van der Waals surface area contributed by atoms with E-state index >= 15 is 0 Å². The predicted octanol–water partition coefficient (Wildman–Crippen LogP) is 2.34. The summed E-state index contributed by atoms with van der Waals surface area (Å²) in [5, 5.41) is 15.2. The summed E-state index contributed by atoms with van der Waals surface area (Å²) in [5.74, 6) is 1.56. The average Bonchev–Trinajstić information content (AvgIpc) is 2.53. The maximum absolute atomic E-state index is 8.69. The Morgan fingerprint density at radius 1 is 1.17 bits per heavy atom. The monoisotopic (exact) mass is 380 g/mol. The second-order valence-corrected chi connectivity index (χ2v) is 4.86. The molecule has 0 spiro atoms. The van der Waals surface area contributed by atoms with Crippen LogP contribution in [0.1, 0.15) is 18.1 Å². The molecule has 0 aliphatic rings. The van der Waals surface area contributed by atoms with E-state index in [-0.39, 0.29) is 31.4 Å². The molecule has 5 nitrogen and oxygen atoms in total. The molecule has 0 unspecified atom stereocenters. The zero-order valence-electron chi connectivity index (χ0n) is 14.5. The molecule has 1 rings (SSSR count). The maximum atomic E-state index is 8.69. The van der Waals surface area contributed by atoms with Gasteiger partial charge in [-0.1, -0.05) is 12.1 Å². The number of rotatable bonds is 12. The van der Waals surface area contributed by atoms with Gasteiger partial charge < -0.3 is 25.2 Å². The fourth-order valence-corrected chi connectivity index (χ4v) is 2.21. The lowest BCUT2D eigenvalue weighted by Gasteiger charge is -2.16. The summed E-state index contributed by atoms with van der Waals surface area (Å²) in [5.41, 5.74) is 2.24. The van der Waals surface area contributed by atoms with Crippen LogP contribution in [0.3, 0.4) is 0 Å². The molecule has 0 bridgehead atoms. The summed E-state index contributed by atoms with van der Waals surface area (Å²) >= 11 is 0. The van der Waals surface area contributed by atoms with E-state index in [4.69, 9.17) is 14.6 Å². The number of aliphatic hydroxyl groups excluding tert-OH is 1. The largest absolute Gasteiger partial charge is 0.493 e. The maximum Gasteiger partial charge on any atom is 0.164 e. The van der Waals surface area contributed by atoms with E-state index in [9.17, 15) is 0 Å². The van der Waals surface area contributed by atoms with Gasteiger partial charge in [-0.05, 0) is 25.0 Å². The van der Waals surface area contributed by atoms with Gasteiger partial charge in [0.2, 0.25) is 0 Å². The van der Waals surface area contributed by atoms with Crippen LogP contribution in [0.2, 0.25) is 0 Å². The third kappa shape index (κ3) is 8.76. The van der Waals surface area contributed by atoms with Gasteiger partial charge in [-0.25, -0.2) is 0 Å². The first-order valence-corrected chi connectivity index (χ1v) is 7.72. The van der Waals surface area contributed by atoms with Crippen molar-refractivity contribution in [2.75, 3.05) is 40.0 Å². The zero-order chi connectivity index (χ0) is 16.2. The third-order valence-electron chi connectivity index (χ3n) is 3.16. The van der Waals surface area contributed by atoms with E-state index in [1.807, 2.05) is 19.1 Å². The molecule has 0 saturated heterocycles. The van der Waals surface area contributed by atoms with E-state index in [1.54, 1.807) is 7.11 Å². The third-order valence-corrected chi connectivity index (χ3v) is 3.16. The number of hydrogen-bond acceptors (Lipinski definition) is 5. The molecule has 1 aromatic rings. The molecule has 24 heavy (non-hydrogen) atoms. The van der Waals surface area contributed by atoms with Crippen LogP contribution in [0.4, 0.5) is 0 Å². The molecule has 0 amide bonds. The molecule has 3 N–H and O–H groups in total. The topological polar surface area (TPSA) is 62.8 Å². The highest BCUT2D eigenvalue weighted by Gasteiger charge is 2.12. The molecular formula is C17H30Cl2N2O3. The summed E-state index contributed by atoms with van der Waals surface area (Å²) in [7, 11) is 1.66. The van der Waals surface area contributed by atoms with Crippen LogP contribution in [-0.4, -0.2) is 45.1 Å². The van der Waals surface area contributed by atoms with E-state index in [1.165, 1.54) is 0 Å². The quantitative estimate of drug-likeness (QED) is 0.383. The highest BCUT2D eigenvalue weighted by molar-refractivity contribution is 5.85. The van der Waals surface area contributed by atoms with Crippen LogP contribution < -0.4 is 20.1 Å². The van der Waals surface area contributed by atoms with Crippen molar-refractivity contribution >= 4 is 24.8 Å². The smallest absolute Gasteiger partial charge is 0.164 e. The number of hydrogen-bond donors (Lipinski definition) is 3. The Bertz CT molecular complexity index is 460. The first-order valence-electron chi connectivity index (χ1n) is 7.72. The standard InChI is InChI=1S/C17H28N2O3.2ClH/c1-4-6-15-11-14(13-19-8-7-18-9-10-20)12-16(21-3)17(15)22-5-2;;/h4,11-12,18-20H,1,5-10,13H2,2-3H3;2*1H. The number of methoxy groups -OCH3 is 1. The van der Waals surface area contributed by atoms with E-state index < -0.39 is 0 Å². The Morgan fingerprint density at radius 3 is 2.46 bits per heavy atom. The zero-order valence-corrected chi connectivity index (χ0v) is 16.1. The summed E-state index contributed by atoms with van der Waals surface area (Å²) in [6.45, 7) is 9.60. The van der Waals surface area contributed by atoms with Gasteiger partial charge in [0.05, 0.1) is 20.3 Å². The van der Waals surface area contributed by atoms with Crippen LogP contribution >= 0.6 is 24.8 Å². The normalized spacial score (nSPS) is 9.62. The molecule has 0 radical (unpaired) electrons. The summed E-state index contributed by atoms with van der Waals surface area (Å²) in [4.78, 5) is 0. The van der Waals surface area contributed by atoms with Crippen LogP contribution in [0.25, 0.3) is 0 Å². The molecule has 0 aliphatic carbocycles.